The van der Waals surface area contributed by atoms with E-state index in [-0.39, 0.29) is 11.1 Å². The number of rotatable bonds is 5. The minimum absolute atomic E-state index is 0.0256. The van der Waals surface area contributed by atoms with Crippen LogP contribution >= 0.6 is 23.1 Å². The molecule has 0 saturated carbocycles. The van der Waals surface area contributed by atoms with Gasteiger partial charge in [0, 0.05) is 29.4 Å². The lowest BCUT2D eigenvalue weighted by Gasteiger charge is -2.12. The van der Waals surface area contributed by atoms with Gasteiger partial charge in [-0.15, -0.1) is 11.3 Å². The number of thiazole rings is 1. The monoisotopic (exact) mass is 398 g/mol. The van der Waals surface area contributed by atoms with Gasteiger partial charge in [0.1, 0.15) is 0 Å². The van der Waals surface area contributed by atoms with E-state index in [9.17, 15) is 9.59 Å². The summed E-state index contributed by atoms with van der Waals surface area (Å²) in [7, 11) is 0. The van der Waals surface area contributed by atoms with Crippen LogP contribution in [-0.2, 0) is 12.3 Å². The van der Waals surface area contributed by atoms with Gasteiger partial charge < -0.3 is 0 Å². The van der Waals surface area contributed by atoms with Crippen LogP contribution in [0.25, 0.3) is 15.9 Å². The molecule has 0 unspecified atom stereocenters. The lowest BCUT2D eigenvalue weighted by Crippen LogP contribution is -2.23. The molecule has 0 fully saturated rings. The molecule has 27 heavy (non-hydrogen) atoms. The van der Waals surface area contributed by atoms with Crippen molar-refractivity contribution in [1.29, 1.82) is 0 Å². The standard InChI is InChI=1S/C19H18N4O2S2/c1-3-8-22-17(25)14-6-4-5-7-15(14)21-18(22)27-11-13-9-16(24)23-12(2)10-26-19(23)20-13/h4-7,9-10H,3,8,11H2,1-2H3. The fourth-order valence-electron chi connectivity index (χ4n) is 2.99. The molecule has 3 heterocycles. The summed E-state index contributed by atoms with van der Waals surface area (Å²) >= 11 is 2.89. The van der Waals surface area contributed by atoms with Crippen LogP contribution in [0.15, 0.2) is 50.5 Å². The van der Waals surface area contributed by atoms with E-state index in [0.29, 0.717) is 39.0 Å². The Bertz CT molecular complexity index is 1260. The molecule has 0 bridgehead atoms. The van der Waals surface area contributed by atoms with Crippen molar-refractivity contribution in [2.75, 3.05) is 0 Å². The first-order chi connectivity index (χ1) is 13.1. The zero-order chi connectivity index (χ0) is 19.0. The molecule has 0 aliphatic rings. The minimum atomic E-state index is -0.0771. The van der Waals surface area contributed by atoms with Gasteiger partial charge in [0.05, 0.1) is 16.6 Å². The van der Waals surface area contributed by atoms with Crippen LogP contribution < -0.4 is 11.1 Å². The normalized spacial score (nSPS) is 11.5. The lowest BCUT2D eigenvalue weighted by molar-refractivity contribution is 0.584. The first-order valence-corrected chi connectivity index (χ1v) is 10.5. The summed E-state index contributed by atoms with van der Waals surface area (Å²) in [6.45, 7) is 4.54. The third kappa shape index (κ3) is 3.30. The first kappa shape index (κ1) is 17.9. The second-order valence-electron chi connectivity index (χ2n) is 6.24. The van der Waals surface area contributed by atoms with Gasteiger partial charge in [0.15, 0.2) is 10.1 Å². The Morgan fingerprint density at radius 3 is 2.81 bits per heavy atom. The quantitative estimate of drug-likeness (QED) is 0.380. The number of hydrogen-bond acceptors (Lipinski definition) is 6. The third-order valence-electron chi connectivity index (χ3n) is 4.25. The maximum Gasteiger partial charge on any atom is 0.262 e. The van der Waals surface area contributed by atoms with Crippen molar-refractivity contribution in [2.24, 2.45) is 0 Å². The maximum atomic E-state index is 12.8. The summed E-state index contributed by atoms with van der Waals surface area (Å²) in [5.74, 6) is 0.483. The molecule has 0 saturated heterocycles. The topological polar surface area (TPSA) is 69.3 Å². The number of para-hydroxylation sites is 1. The van der Waals surface area contributed by atoms with E-state index in [2.05, 4.69) is 9.97 Å². The molecule has 0 radical (unpaired) electrons. The molecule has 0 spiro atoms. The van der Waals surface area contributed by atoms with Crippen LogP contribution in [0.3, 0.4) is 0 Å². The molecule has 1 aromatic carbocycles. The van der Waals surface area contributed by atoms with Crippen LogP contribution in [0.5, 0.6) is 0 Å². The molecule has 0 N–H and O–H groups in total. The summed E-state index contributed by atoms with van der Waals surface area (Å²) in [5, 5.41) is 3.21. The maximum absolute atomic E-state index is 12.8. The number of aromatic nitrogens is 4. The fraction of sp³-hybridized carbons (Fsp3) is 0.263. The number of hydrogen-bond donors (Lipinski definition) is 0. The second kappa shape index (κ2) is 7.28. The van der Waals surface area contributed by atoms with Crippen LogP contribution in [0, 0.1) is 6.92 Å². The van der Waals surface area contributed by atoms with E-state index in [0.717, 1.165) is 12.1 Å². The van der Waals surface area contributed by atoms with Crippen molar-refractivity contribution in [2.45, 2.75) is 37.7 Å². The second-order valence-corrected chi connectivity index (χ2v) is 8.02. The van der Waals surface area contributed by atoms with E-state index in [4.69, 9.17) is 0 Å². The van der Waals surface area contributed by atoms with Gasteiger partial charge in [-0.1, -0.05) is 30.8 Å². The summed E-state index contributed by atoms with van der Waals surface area (Å²) in [4.78, 5) is 35.1. The highest BCUT2D eigenvalue weighted by Gasteiger charge is 2.12. The van der Waals surface area contributed by atoms with Gasteiger partial charge in [0.2, 0.25) is 0 Å². The van der Waals surface area contributed by atoms with Gasteiger partial charge in [-0.3, -0.25) is 18.6 Å². The van der Waals surface area contributed by atoms with Crippen LogP contribution in [0.1, 0.15) is 24.7 Å². The van der Waals surface area contributed by atoms with Gasteiger partial charge in [-0.25, -0.2) is 9.97 Å². The van der Waals surface area contributed by atoms with Gasteiger partial charge >= 0.3 is 0 Å². The molecule has 0 aliphatic carbocycles. The number of benzene rings is 1. The highest BCUT2D eigenvalue weighted by molar-refractivity contribution is 7.98. The SMILES string of the molecule is CCCn1c(SCc2cc(=O)n3c(C)csc3n2)nc2ccccc2c1=O. The highest BCUT2D eigenvalue weighted by atomic mass is 32.2. The van der Waals surface area contributed by atoms with Crippen molar-refractivity contribution < 1.29 is 0 Å². The smallest absolute Gasteiger partial charge is 0.262 e. The molecule has 6 nitrogen and oxygen atoms in total. The Hall–Kier alpha value is -2.45. The Morgan fingerprint density at radius 2 is 2.00 bits per heavy atom. The van der Waals surface area contributed by atoms with Gasteiger partial charge in [-0.2, -0.15) is 0 Å². The Labute approximate surface area is 163 Å². The molecule has 0 aliphatic heterocycles. The molecule has 0 atom stereocenters. The number of nitrogens with zero attached hydrogens (tertiary/aromatic N) is 4. The zero-order valence-electron chi connectivity index (χ0n) is 15.0. The van der Waals surface area contributed by atoms with Crippen molar-refractivity contribution in [3.8, 4) is 0 Å². The van der Waals surface area contributed by atoms with Gasteiger partial charge in [0.25, 0.3) is 11.1 Å². The Morgan fingerprint density at radius 1 is 1.19 bits per heavy atom. The molecular formula is C19H18N4O2S2. The van der Waals surface area contributed by atoms with Crippen molar-refractivity contribution >= 4 is 39.0 Å². The van der Waals surface area contributed by atoms with Crippen molar-refractivity contribution in [3.05, 3.63) is 67.8 Å². The van der Waals surface area contributed by atoms with E-state index in [1.165, 1.54) is 23.1 Å². The molecule has 8 heteroatoms. The molecule has 4 rings (SSSR count). The third-order valence-corrected chi connectivity index (χ3v) is 6.21. The molecule has 4 aromatic rings. The first-order valence-electron chi connectivity index (χ1n) is 8.67. The number of fused-ring (bicyclic) bond motifs is 2. The predicted molar refractivity (Wildman–Crippen MR) is 110 cm³/mol. The van der Waals surface area contributed by atoms with E-state index >= 15 is 0 Å². The van der Waals surface area contributed by atoms with Crippen LogP contribution in [-0.4, -0.2) is 18.9 Å². The number of aryl methyl sites for hydroxylation is 1. The summed E-state index contributed by atoms with van der Waals surface area (Å²) < 4.78 is 3.33. The predicted octanol–water partition coefficient (Wildman–Crippen LogP) is 3.48. The zero-order valence-corrected chi connectivity index (χ0v) is 16.6. The van der Waals surface area contributed by atoms with Gasteiger partial charge in [-0.05, 0) is 25.5 Å². The Balaban J connectivity index is 1.72. The molecule has 138 valence electrons. The fourth-order valence-corrected chi connectivity index (χ4v) is 4.80. The summed E-state index contributed by atoms with van der Waals surface area (Å²) in [6.07, 6.45) is 0.841. The van der Waals surface area contributed by atoms with Crippen molar-refractivity contribution in [3.63, 3.8) is 0 Å². The van der Waals surface area contributed by atoms with Crippen LogP contribution in [0.2, 0.25) is 0 Å². The average Bonchev–Trinajstić information content (AvgIpc) is 3.04. The van der Waals surface area contributed by atoms with Crippen molar-refractivity contribution in [1.82, 2.24) is 18.9 Å². The summed E-state index contributed by atoms with van der Waals surface area (Å²) in [6, 6.07) is 8.94. The molecule has 0 amide bonds. The lowest BCUT2D eigenvalue weighted by atomic mass is 10.2. The number of thioether (sulfide) groups is 1. The van der Waals surface area contributed by atoms with E-state index < -0.39 is 0 Å². The largest absolute Gasteiger partial charge is 0.287 e. The molecule has 3 aromatic heterocycles. The minimum Gasteiger partial charge on any atom is -0.287 e. The average molecular weight is 399 g/mol. The summed E-state index contributed by atoms with van der Waals surface area (Å²) in [5.41, 5.74) is 2.17. The van der Waals surface area contributed by atoms with E-state index in [1.807, 2.05) is 37.4 Å². The Kier molecular flexibility index (Phi) is 4.84. The van der Waals surface area contributed by atoms with E-state index in [1.54, 1.807) is 21.1 Å². The molecular weight excluding hydrogens is 380 g/mol. The highest BCUT2D eigenvalue weighted by Crippen LogP contribution is 2.22. The van der Waals surface area contributed by atoms with Crippen LogP contribution in [0.4, 0.5) is 0 Å².